The molecule has 0 atom stereocenters. The Morgan fingerprint density at radius 3 is 2.48 bits per heavy atom. The van der Waals surface area contributed by atoms with E-state index in [-0.39, 0.29) is 10.7 Å². The van der Waals surface area contributed by atoms with Gasteiger partial charge in [-0.3, -0.25) is 10.1 Å². The highest BCUT2D eigenvalue weighted by Gasteiger charge is 2.20. The van der Waals surface area contributed by atoms with Crippen molar-refractivity contribution in [3.05, 3.63) is 57.6 Å². The van der Waals surface area contributed by atoms with Crippen LogP contribution in [-0.4, -0.2) is 18.0 Å². The highest BCUT2D eigenvalue weighted by Crippen LogP contribution is 2.41. The van der Waals surface area contributed by atoms with Crippen LogP contribution < -0.4 is 15.8 Å². The first kappa shape index (κ1) is 19.0. The zero-order valence-electron chi connectivity index (χ0n) is 13.9. The molecular formula is C18H22ClN3O3. The van der Waals surface area contributed by atoms with E-state index in [0.29, 0.717) is 30.3 Å². The number of nitrogens with two attached hydrogens (primary N) is 1. The highest BCUT2D eigenvalue weighted by molar-refractivity contribution is 6.35. The Morgan fingerprint density at radius 2 is 1.80 bits per heavy atom. The second kappa shape index (κ2) is 9.86. The van der Waals surface area contributed by atoms with Gasteiger partial charge < -0.3 is 15.8 Å². The van der Waals surface area contributed by atoms with Crippen molar-refractivity contribution in [2.24, 2.45) is 5.73 Å². The molecule has 0 aromatic heterocycles. The van der Waals surface area contributed by atoms with Crippen LogP contribution in [-0.2, 0) is 0 Å². The number of nitrogens with zero attached hydrogens (tertiary/aromatic N) is 1. The van der Waals surface area contributed by atoms with E-state index in [4.69, 9.17) is 22.1 Å². The minimum absolute atomic E-state index is 0.0626. The molecule has 134 valence electrons. The average Bonchev–Trinajstić information content (AvgIpc) is 2.61. The number of hydrogen-bond donors (Lipinski definition) is 2. The van der Waals surface area contributed by atoms with Gasteiger partial charge in [-0.15, -0.1) is 0 Å². The summed E-state index contributed by atoms with van der Waals surface area (Å²) in [5.41, 5.74) is 5.69. The zero-order chi connectivity index (χ0) is 18.1. The number of halogens is 1. The van der Waals surface area contributed by atoms with E-state index in [2.05, 4.69) is 5.32 Å². The molecule has 3 N–H and O–H groups in total. The fraction of sp³-hybridized carbons (Fsp3) is 0.333. The van der Waals surface area contributed by atoms with E-state index in [1.165, 1.54) is 12.1 Å². The van der Waals surface area contributed by atoms with E-state index in [0.717, 1.165) is 25.7 Å². The van der Waals surface area contributed by atoms with Crippen LogP contribution in [0.4, 0.5) is 11.4 Å². The van der Waals surface area contributed by atoms with Crippen molar-refractivity contribution in [3.8, 4) is 11.5 Å². The van der Waals surface area contributed by atoms with E-state index in [1.54, 1.807) is 12.1 Å². The molecule has 25 heavy (non-hydrogen) atoms. The van der Waals surface area contributed by atoms with E-state index < -0.39 is 4.92 Å². The summed E-state index contributed by atoms with van der Waals surface area (Å²) < 4.78 is 5.74. The Kier molecular flexibility index (Phi) is 7.50. The Labute approximate surface area is 152 Å². The second-order valence-corrected chi connectivity index (χ2v) is 5.95. The molecule has 0 saturated carbocycles. The lowest BCUT2D eigenvalue weighted by molar-refractivity contribution is -0.384. The quantitative estimate of drug-likeness (QED) is 0.353. The minimum atomic E-state index is -0.449. The molecule has 0 spiro atoms. The van der Waals surface area contributed by atoms with Crippen LogP contribution in [0.25, 0.3) is 0 Å². The summed E-state index contributed by atoms with van der Waals surface area (Å²) >= 11 is 6.36. The van der Waals surface area contributed by atoms with Crippen molar-refractivity contribution in [3.63, 3.8) is 0 Å². The summed E-state index contributed by atoms with van der Waals surface area (Å²) in [4.78, 5) is 10.8. The van der Waals surface area contributed by atoms with Crippen LogP contribution in [0.3, 0.4) is 0 Å². The fourth-order valence-corrected chi connectivity index (χ4v) is 2.66. The first-order valence-electron chi connectivity index (χ1n) is 8.27. The predicted molar refractivity (Wildman–Crippen MR) is 101 cm³/mol. The predicted octanol–water partition coefficient (Wildman–Crippen LogP) is 4.97. The van der Waals surface area contributed by atoms with Gasteiger partial charge >= 0.3 is 0 Å². The molecule has 2 rings (SSSR count). The van der Waals surface area contributed by atoms with Gasteiger partial charge in [0, 0.05) is 12.6 Å². The number of hydrogen-bond acceptors (Lipinski definition) is 5. The van der Waals surface area contributed by atoms with Crippen molar-refractivity contribution in [2.45, 2.75) is 25.7 Å². The standard InChI is InChI=1S/C18H22ClN3O3/c19-17-16(25-14-8-4-3-5-9-14)11-10-15(22(23)24)18(17)21-13-7-2-1-6-12-20/h3-5,8-11,21H,1-2,6-7,12-13,20H2. The lowest BCUT2D eigenvalue weighted by Crippen LogP contribution is -2.06. The molecule has 2 aromatic carbocycles. The Balaban J connectivity index is 2.11. The van der Waals surface area contributed by atoms with Crippen molar-refractivity contribution < 1.29 is 9.66 Å². The molecule has 2 aromatic rings. The zero-order valence-corrected chi connectivity index (χ0v) is 14.7. The topological polar surface area (TPSA) is 90.4 Å². The lowest BCUT2D eigenvalue weighted by Gasteiger charge is -2.13. The normalized spacial score (nSPS) is 10.5. The SMILES string of the molecule is NCCCCCCNc1c([N+](=O)[O-])ccc(Oc2ccccc2)c1Cl. The van der Waals surface area contributed by atoms with Gasteiger partial charge in [-0.05, 0) is 37.6 Å². The molecule has 6 nitrogen and oxygen atoms in total. The van der Waals surface area contributed by atoms with Crippen LogP contribution in [0.1, 0.15) is 25.7 Å². The molecule has 0 aliphatic heterocycles. The summed E-state index contributed by atoms with van der Waals surface area (Å²) in [6, 6.07) is 12.1. The van der Waals surface area contributed by atoms with E-state index >= 15 is 0 Å². The summed E-state index contributed by atoms with van der Waals surface area (Å²) in [6.45, 7) is 1.28. The van der Waals surface area contributed by atoms with Gasteiger partial charge in [0.2, 0.25) is 0 Å². The number of nitro groups is 1. The molecule has 0 saturated heterocycles. The summed E-state index contributed by atoms with van der Waals surface area (Å²) in [6.07, 6.45) is 3.93. The number of nitro benzene ring substituents is 1. The highest BCUT2D eigenvalue weighted by atomic mass is 35.5. The molecule has 0 heterocycles. The average molecular weight is 364 g/mol. The van der Waals surface area contributed by atoms with Gasteiger partial charge in [0.15, 0.2) is 0 Å². The number of anilines is 1. The first-order valence-corrected chi connectivity index (χ1v) is 8.65. The maximum atomic E-state index is 11.3. The third kappa shape index (κ3) is 5.62. The van der Waals surface area contributed by atoms with Gasteiger partial charge in [-0.25, -0.2) is 0 Å². The van der Waals surface area contributed by atoms with Crippen LogP contribution in [0.5, 0.6) is 11.5 Å². The molecule has 0 bridgehead atoms. The molecule has 0 amide bonds. The van der Waals surface area contributed by atoms with E-state index in [9.17, 15) is 10.1 Å². The molecule has 7 heteroatoms. The largest absolute Gasteiger partial charge is 0.456 e. The second-order valence-electron chi connectivity index (χ2n) is 5.57. The third-order valence-corrected chi connectivity index (χ3v) is 4.06. The molecule has 0 fully saturated rings. The molecule has 0 aliphatic rings. The summed E-state index contributed by atoms with van der Waals surface area (Å²) in [5.74, 6) is 0.995. The van der Waals surface area contributed by atoms with Crippen LogP contribution in [0.15, 0.2) is 42.5 Å². The number of benzene rings is 2. The van der Waals surface area contributed by atoms with Crippen molar-refractivity contribution in [1.82, 2.24) is 0 Å². The fourth-order valence-electron chi connectivity index (χ4n) is 2.40. The van der Waals surface area contributed by atoms with Gasteiger partial charge in [0.25, 0.3) is 5.69 Å². The monoisotopic (exact) mass is 363 g/mol. The number of para-hydroxylation sites is 1. The smallest absolute Gasteiger partial charge is 0.294 e. The van der Waals surface area contributed by atoms with Gasteiger partial charge in [-0.2, -0.15) is 0 Å². The Bertz CT molecular complexity index is 695. The Morgan fingerprint density at radius 1 is 1.08 bits per heavy atom. The van der Waals surface area contributed by atoms with Crippen LogP contribution in [0, 0.1) is 10.1 Å². The van der Waals surface area contributed by atoms with Gasteiger partial charge in [0.05, 0.1) is 4.92 Å². The van der Waals surface area contributed by atoms with Gasteiger partial charge in [0.1, 0.15) is 22.2 Å². The summed E-state index contributed by atoms with van der Waals surface area (Å²) in [5, 5.41) is 14.6. The Hall–Kier alpha value is -2.31. The van der Waals surface area contributed by atoms with Crippen molar-refractivity contribution in [1.29, 1.82) is 0 Å². The van der Waals surface area contributed by atoms with E-state index in [1.807, 2.05) is 18.2 Å². The third-order valence-electron chi connectivity index (χ3n) is 3.68. The lowest BCUT2D eigenvalue weighted by atomic mass is 10.2. The first-order chi connectivity index (χ1) is 12.1. The van der Waals surface area contributed by atoms with Crippen LogP contribution in [0.2, 0.25) is 5.02 Å². The molecular weight excluding hydrogens is 342 g/mol. The molecule has 0 aliphatic carbocycles. The van der Waals surface area contributed by atoms with Crippen LogP contribution >= 0.6 is 11.6 Å². The van der Waals surface area contributed by atoms with Crippen molar-refractivity contribution in [2.75, 3.05) is 18.4 Å². The summed E-state index contributed by atoms with van der Waals surface area (Å²) in [7, 11) is 0. The maximum absolute atomic E-state index is 11.3. The number of unbranched alkanes of at least 4 members (excludes halogenated alkanes) is 3. The molecule has 0 radical (unpaired) electrons. The minimum Gasteiger partial charge on any atom is -0.456 e. The van der Waals surface area contributed by atoms with Gasteiger partial charge in [-0.1, -0.05) is 42.6 Å². The maximum Gasteiger partial charge on any atom is 0.294 e. The number of rotatable bonds is 10. The van der Waals surface area contributed by atoms with Crippen molar-refractivity contribution >= 4 is 23.0 Å². The molecule has 0 unspecified atom stereocenters. The number of nitrogens with one attached hydrogen (secondary N) is 1. The number of ether oxygens (including phenoxy) is 1.